The van der Waals surface area contributed by atoms with Crippen LogP contribution in [0.2, 0.25) is 0 Å². The molecule has 0 aliphatic rings. The molecule has 2 atom stereocenters. The molecule has 9 nitrogen and oxygen atoms in total. The summed E-state index contributed by atoms with van der Waals surface area (Å²) in [4.78, 5) is 37.5. The summed E-state index contributed by atoms with van der Waals surface area (Å²) in [5.74, 6) is -2.28. The van der Waals surface area contributed by atoms with Gasteiger partial charge in [0.05, 0.1) is 40.3 Å². The molecular formula is C74H131NO8. The van der Waals surface area contributed by atoms with E-state index in [0.717, 1.165) is 83.5 Å². The first kappa shape index (κ1) is 79.5. The van der Waals surface area contributed by atoms with Crippen LogP contribution in [-0.2, 0) is 33.3 Å². The molecule has 0 fully saturated rings. The lowest BCUT2D eigenvalue weighted by molar-refractivity contribution is -0.870. The molecule has 0 rings (SSSR count). The van der Waals surface area contributed by atoms with Crippen LogP contribution in [0.5, 0.6) is 0 Å². The van der Waals surface area contributed by atoms with Gasteiger partial charge in [0, 0.05) is 12.8 Å². The largest absolute Gasteiger partial charge is 0.545 e. The van der Waals surface area contributed by atoms with Crippen molar-refractivity contribution in [2.45, 2.75) is 322 Å². The van der Waals surface area contributed by atoms with Crippen molar-refractivity contribution in [3.05, 3.63) is 85.1 Å². The number of carbonyl (C=O) groups is 3. The quantitative estimate of drug-likeness (QED) is 0.0195. The van der Waals surface area contributed by atoms with Crippen LogP contribution >= 0.6 is 0 Å². The van der Waals surface area contributed by atoms with Crippen molar-refractivity contribution in [1.82, 2.24) is 0 Å². The van der Waals surface area contributed by atoms with E-state index in [2.05, 4.69) is 98.9 Å². The number of hydrogen-bond acceptors (Lipinski definition) is 8. The number of allylic oxidation sites excluding steroid dienone is 14. The molecule has 0 heterocycles. The van der Waals surface area contributed by atoms with Crippen LogP contribution < -0.4 is 5.11 Å². The minimum Gasteiger partial charge on any atom is -0.545 e. The predicted molar refractivity (Wildman–Crippen MR) is 352 cm³/mol. The van der Waals surface area contributed by atoms with Gasteiger partial charge in [0.2, 0.25) is 0 Å². The molecule has 0 aliphatic carbocycles. The number of carboxylic acids is 1. The Bertz CT molecular complexity index is 1640. The second-order valence-electron chi connectivity index (χ2n) is 24.4. The van der Waals surface area contributed by atoms with Gasteiger partial charge in [-0.3, -0.25) is 9.59 Å². The zero-order valence-electron chi connectivity index (χ0n) is 54.8. The number of quaternary nitrogens is 1. The summed E-state index contributed by atoms with van der Waals surface area (Å²) in [5.41, 5.74) is 0. The molecule has 0 saturated heterocycles. The maximum atomic E-state index is 12.9. The molecule has 0 radical (unpaired) electrons. The van der Waals surface area contributed by atoms with E-state index in [1.54, 1.807) is 0 Å². The van der Waals surface area contributed by atoms with Crippen LogP contribution in [0.25, 0.3) is 0 Å². The number of aliphatic carboxylic acids is 1. The van der Waals surface area contributed by atoms with Gasteiger partial charge in [-0.05, 0) is 89.9 Å². The molecule has 83 heavy (non-hydrogen) atoms. The van der Waals surface area contributed by atoms with E-state index in [9.17, 15) is 19.5 Å². The second-order valence-corrected chi connectivity index (χ2v) is 24.4. The molecular weight excluding hydrogens is 1030 g/mol. The standard InChI is InChI=1S/C74H131NO8/c1-6-8-10-12-14-16-18-20-22-24-26-28-30-32-34-35-36-37-39-40-42-44-46-48-50-52-54-56-58-60-62-64-71(76)81-68-70(69-82-74(73(78)79)80-67-66-75(3,4)5)83-72(77)65-63-61-59-57-55-53-51-49-47-45-43-41-38-33-31-29-27-25-23-21-19-17-15-13-11-9-7-2/h9,11,15,17-18,20-21,23-24,26-27,29,33,38,70,74H,6-8,10,12-14,16,19,22,25,28,30-32,34-37,39-69H2,1-5H3/b11-9-,17-15-,20-18-,23-21-,26-24-,29-27-,38-33-. The van der Waals surface area contributed by atoms with Crippen molar-refractivity contribution < 1.29 is 42.9 Å². The topological polar surface area (TPSA) is 111 Å². The molecule has 0 saturated carbocycles. The van der Waals surface area contributed by atoms with E-state index in [1.165, 1.54) is 193 Å². The van der Waals surface area contributed by atoms with Crippen LogP contribution in [0.15, 0.2) is 85.1 Å². The fraction of sp³-hybridized carbons (Fsp3) is 0.770. The Morgan fingerprint density at radius 3 is 1.02 bits per heavy atom. The normalized spacial score (nSPS) is 13.2. The summed E-state index contributed by atoms with van der Waals surface area (Å²) < 4.78 is 22.8. The molecule has 0 aromatic rings. The maximum Gasteiger partial charge on any atom is 0.306 e. The second kappa shape index (κ2) is 64.5. The van der Waals surface area contributed by atoms with E-state index >= 15 is 0 Å². The smallest absolute Gasteiger partial charge is 0.306 e. The number of ether oxygens (including phenoxy) is 4. The SMILES string of the molecule is CC/C=C\C/C=C\C/C=C\C/C=C\C/C=C\CCCCCCCCCCCCCC(=O)OC(COC(=O)CCCCCCCCCCCCCCCCCCCCC/C=C\C/C=C\CCCCCCC)COC(OCC[N+](C)(C)C)C(=O)[O-]. The average Bonchev–Trinajstić information content (AvgIpc) is 3.46. The molecule has 0 amide bonds. The highest BCUT2D eigenvalue weighted by Crippen LogP contribution is 2.18. The minimum atomic E-state index is -1.63. The van der Waals surface area contributed by atoms with E-state index < -0.39 is 24.3 Å². The van der Waals surface area contributed by atoms with Crippen molar-refractivity contribution in [1.29, 1.82) is 0 Å². The first-order valence-corrected chi connectivity index (χ1v) is 34.7. The lowest BCUT2D eigenvalue weighted by atomic mass is 10.0. The number of likely N-dealkylation sites (N-methyl/N-ethyl adjacent to an activating group) is 1. The Hall–Kier alpha value is -3.53. The number of unbranched alkanes of at least 4 members (excludes halogenated alkanes) is 35. The van der Waals surface area contributed by atoms with Crippen LogP contribution in [0.4, 0.5) is 0 Å². The Morgan fingerprint density at radius 1 is 0.373 bits per heavy atom. The molecule has 9 heteroatoms. The Morgan fingerprint density at radius 2 is 0.687 bits per heavy atom. The van der Waals surface area contributed by atoms with Crippen molar-refractivity contribution in [3.8, 4) is 0 Å². The van der Waals surface area contributed by atoms with Gasteiger partial charge in [0.15, 0.2) is 12.4 Å². The molecule has 0 spiro atoms. The molecule has 0 aromatic heterocycles. The number of carbonyl (C=O) groups excluding carboxylic acids is 3. The summed E-state index contributed by atoms with van der Waals surface area (Å²) in [5, 5.41) is 11.8. The number of hydrogen-bond donors (Lipinski definition) is 0. The van der Waals surface area contributed by atoms with Crippen LogP contribution in [0.1, 0.15) is 309 Å². The van der Waals surface area contributed by atoms with Gasteiger partial charge in [-0.25, -0.2) is 0 Å². The van der Waals surface area contributed by atoms with Crippen LogP contribution in [-0.4, -0.2) is 82.3 Å². The van der Waals surface area contributed by atoms with Gasteiger partial charge < -0.3 is 33.3 Å². The minimum absolute atomic E-state index is 0.145. The lowest BCUT2D eigenvalue weighted by Gasteiger charge is -2.26. The summed E-state index contributed by atoms with van der Waals surface area (Å²) in [6.45, 7) is 4.65. The third kappa shape index (κ3) is 65.9. The van der Waals surface area contributed by atoms with Crippen LogP contribution in [0, 0.1) is 0 Å². The van der Waals surface area contributed by atoms with Gasteiger partial charge in [-0.2, -0.15) is 0 Å². The van der Waals surface area contributed by atoms with E-state index in [0.29, 0.717) is 23.9 Å². The van der Waals surface area contributed by atoms with Crippen molar-refractivity contribution in [2.75, 3.05) is 47.5 Å². The lowest BCUT2D eigenvalue weighted by Crippen LogP contribution is -2.44. The first-order valence-electron chi connectivity index (χ1n) is 34.7. The average molecular weight is 1160 g/mol. The third-order valence-electron chi connectivity index (χ3n) is 15.1. The van der Waals surface area contributed by atoms with E-state index in [1.807, 2.05) is 21.1 Å². The summed E-state index contributed by atoms with van der Waals surface area (Å²) >= 11 is 0. The van der Waals surface area contributed by atoms with Crippen molar-refractivity contribution in [2.24, 2.45) is 0 Å². The van der Waals surface area contributed by atoms with Gasteiger partial charge in [0.1, 0.15) is 13.2 Å². The van der Waals surface area contributed by atoms with Gasteiger partial charge in [-0.1, -0.05) is 292 Å². The van der Waals surface area contributed by atoms with Crippen LogP contribution in [0.3, 0.4) is 0 Å². The zero-order valence-corrected chi connectivity index (χ0v) is 54.8. The summed E-state index contributed by atoms with van der Waals surface area (Å²) in [6.07, 6.45) is 83.7. The predicted octanol–water partition coefficient (Wildman–Crippen LogP) is 20.1. The first-order chi connectivity index (χ1) is 40.6. The Labute approximate surface area is 512 Å². The fourth-order valence-corrected chi connectivity index (χ4v) is 9.83. The number of carboxylic acid groups (broad SMARTS) is 1. The molecule has 0 aromatic carbocycles. The molecule has 0 N–H and O–H groups in total. The summed E-state index contributed by atoms with van der Waals surface area (Å²) in [6, 6.07) is 0. The molecule has 0 aliphatic heterocycles. The fourth-order valence-electron chi connectivity index (χ4n) is 9.83. The van der Waals surface area contributed by atoms with Crippen molar-refractivity contribution in [3.63, 3.8) is 0 Å². The molecule has 0 bridgehead atoms. The Balaban J connectivity index is 4.11. The van der Waals surface area contributed by atoms with Gasteiger partial charge in [-0.15, -0.1) is 0 Å². The van der Waals surface area contributed by atoms with E-state index in [-0.39, 0.29) is 32.2 Å². The number of nitrogens with zero attached hydrogens (tertiary/aromatic N) is 1. The van der Waals surface area contributed by atoms with E-state index in [4.69, 9.17) is 18.9 Å². The Kier molecular flexibility index (Phi) is 61.7. The monoisotopic (exact) mass is 1160 g/mol. The van der Waals surface area contributed by atoms with Gasteiger partial charge in [0.25, 0.3) is 0 Å². The van der Waals surface area contributed by atoms with Gasteiger partial charge >= 0.3 is 11.9 Å². The number of rotatable bonds is 64. The molecule has 2 unspecified atom stereocenters. The highest BCUT2D eigenvalue weighted by Gasteiger charge is 2.22. The number of esters is 2. The zero-order chi connectivity index (χ0) is 60.5. The maximum absolute atomic E-state index is 12.9. The highest BCUT2D eigenvalue weighted by atomic mass is 16.7. The summed E-state index contributed by atoms with van der Waals surface area (Å²) in [7, 11) is 5.93. The highest BCUT2D eigenvalue weighted by molar-refractivity contribution is 5.70. The van der Waals surface area contributed by atoms with Crippen molar-refractivity contribution >= 4 is 17.9 Å². The third-order valence-corrected chi connectivity index (χ3v) is 15.1. The molecule has 480 valence electrons.